The van der Waals surface area contributed by atoms with E-state index in [1.807, 2.05) is 0 Å². The Hall–Kier alpha value is -1.94. The maximum atomic E-state index is 13.1. The van der Waals surface area contributed by atoms with E-state index in [1.54, 1.807) is 0 Å². The number of phosphoric ester groups is 2. The van der Waals surface area contributed by atoms with E-state index in [2.05, 4.69) is 48.5 Å². The Balaban J connectivity index is 5.19. The van der Waals surface area contributed by atoms with Crippen LogP contribution in [-0.2, 0) is 65.4 Å². The lowest BCUT2D eigenvalue weighted by atomic mass is 10.0. The standard InChI is InChI=1S/C84H164O17P2/c1-8-9-10-11-12-13-14-15-16-17-18-19-20-24-27-30-33-36-44-51-58-65-81(86)94-71-79(100-83(88)67-60-53-45-37-34-31-28-25-22-21-23-26-29-32-35-41-48-55-62-75(2)3)73-98-102(90,91)96-69-78(85)70-97-103(92,93)99-74-80(72-95-82(87)66-59-52-47-40-43-50-57-64-77(6)7)101-84(89)68-61-54-46-39-38-42-49-56-63-76(4)5/h75-80,85H,8-74H2,1-7H3,(H,90,91)(H,92,93)/t78-,79-,80-/m1/s1. The van der Waals surface area contributed by atoms with Gasteiger partial charge in [0.25, 0.3) is 0 Å². The summed E-state index contributed by atoms with van der Waals surface area (Å²) in [5.41, 5.74) is 0. The third-order valence-electron chi connectivity index (χ3n) is 19.6. The number of unbranched alkanes of at least 4 members (excludes halogenated alkanes) is 50. The second-order valence-electron chi connectivity index (χ2n) is 31.6. The second kappa shape index (κ2) is 74.2. The first-order valence-electron chi connectivity index (χ1n) is 43.3. The molecule has 0 aliphatic heterocycles. The number of esters is 4. The van der Waals surface area contributed by atoms with E-state index in [-0.39, 0.29) is 25.7 Å². The molecule has 103 heavy (non-hydrogen) atoms. The van der Waals surface area contributed by atoms with Gasteiger partial charge in [0.1, 0.15) is 19.3 Å². The highest BCUT2D eigenvalue weighted by Crippen LogP contribution is 2.45. The lowest BCUT2D eigenvalue weighted by Gasteiger charge is -2.21. The first kappa shape index (κ1) is 101. The zero-order valence-electron chi connectivity index (χ0n) is 67.8. The van der Waals surface area contributed by atoms with Gasteiger partial charge in [0.2, 0.25) is 0 Å². The molecular weight excluding hydrogens is 1340 g/mol. The molecule has 0 aliphatic carbocycles. The minimum Gasteiger partial charge on any atom is -0.462 e. The molecule has 17 nitrogen and oxygen atoms in total. The molecular formula is C84H164O17P2. The minimum atomic E-state index is -4.96. The summed E-state index contributed by atoms with van der Waals surface area (Å²) in [5, 5.41) is 10.6. The van der Waals surface area contributed by atoms with Crippen molar-refractivity contribution in [3.8, 4) is 0 Å². The first-order chi connectivity index (χ1) is 49.7. The van der Waals surface area contributed by atoms with Crippen LogP contribution < -0.4 is 0 Å². The number of hydrogen-bond acceptors (Lipinski definition) is 15. The van der Waals surface area contributed by atoms with Crippen molar-refractivity contribution in [2.75, 3.05) is 39.6 Å². The number of aliphatic hydroxyl groups is 1. The Labute approximate surface area is 632 Å². The fourth-order valence-corrected chi connectivity index (χ4v) is 14.6. The Kier molecular flexibility index (Phi) is 72.8. The van der Waals surface area contributed by atoms with Crippen molar-refractivity contribution >= 4 is 39.5 Å². The Morgan fingerprint density at radius 3 is 0.660 bits per heavy atom. The molecule has 0 heterocycles. The van der Waals surface area contributed by atoms with Crippen LogP contribution in [-0.4, -0.2) is 96.7 Å². The molecule has 0 radical (unpaired) electrons. The fourth-order valence-electron chi connectivity index (χ4n) is 13.0. The van der Waals surface area contributed by atoms with Crippen LogP contribution in [0.5, 0.6) is 0 Å². The molecule has 0 aromatic rings. The molecule has 0 rings (SSSR count). The quantitative estimate of drug-likeness (QED) is 0.0222. The smallest absolute Gasteiger partial charge is 0.462 e. The van der Waals surface area contributed by atoms with Crippen LogP contribution >= 0.6 is 15.6 Å². The molecule has 0 amide bonds. The van der Waals surface area contributed by atoms with Crippen LogP contribution in [0.15, 0.2) is 0 Å². The SMILES string of the molecule is CCCCCCCCCCCCCCCCCCCCCCCC(=O)OC[C@H](COP(=O)(O)OC[C@@H](O)COP(=O)(O)OC[C@@H](COC(=O)CCCCCCCCCC(C)C)OC(=O)CCCCCCCCCCC(C)C)OC(=O)CCCCCCCCCCCCCCCCCCCCC(C)C. The summed E-state index contributed by atoms with van der Waals surface area (Å²) < 4.78 is 68.7. The highest BCUT2D eigenvalue weighted by atomic mass is 31.2. The van der Waals surface area contributed by atoms with Crippen LogP contribution in [0.1, 0.15) is 440 Å². The van der Waals surface area contributed by atoms with E-state index in [0.29, 0.717) is 31.6 Å². The summed E-state index contributed by atoms with van der Waals surface area (Å²) >= 11 is 0. The van der Waals surface area contributed by atoms with Crippen LogP contribution in [0, 0.1) is 17.8 Å². The summed E-state index contributed by atoms with van der Waals surface area (Å²) in [6.07, 6.45) is 64.3. The minimum absolute atomic E-state index is 0.104. The van der Waals surface area contributed by atoms with E-state index in [4.69, 9.17) is 37.0 Å². The average Bonchev–Trinajstić information content (AvgIpc) is 0.906. The molecule has 3 N–H and O–H groups in total. The first-order valence-corrected chi connectivity index (χ1v) is 46.3. The molecule has 2 unspecified atom stereocenters. The topological polar surface area (TPSA) is 237 Å². The van der Waals surface area contributed by atoms with E-state index >= 15 is 0 Å². The molecule has 0 aromatic carbocycles. The van der Waals surface area contributed by atoms with Crippen molar-refractivity contribution < 1.29 is 80.2 Å². The zero-order valence-corrected chi connectivity index (χ0v) is 69.6. The summed E-state index contributed by atoms with van der Waals surface area (Å²) in [6, 6.07) is 0. The van der Waals surface area contributed by atoms with Gasteiger partial charge in [-0.05, 0) is 43.4 Å². The molecule has 0 fully saturated rings. The predicted molar refractivity (Wildman–Crippen MR) is 423 cm³/mol. The highest BCUT2D eigenvalue weighted by Gasteiger charge is 2.30. The highest BCUT2D eigenvalue weighted by molar-refractivity contribution is 7.47. The monoisotopic (exact) mass is 1510 g/mol. The lowest BCUT2D eigenvalue weighted by molar-refractivity contribution is -0.161. The van der Waals surface area contributed by atoms with Gasteiger partial charge in [0.05, 0.1) is 26.4 Å². The number of aliphatic hydroxyl groups excluding tert-OH is 1. The largest absolute Gasteiger partial charge is 0.472 e. The van der Waals surface area contributed by atoms with E-state index in [1.165, 1.54) is 244 Å². The average molecular weight is 1510 g/mol. The van der Waals surface area contributed by atoms with Gasteiger partial charge in [0, 0.05) is 25.7 Å². The number of ether oxygens (including phenoxy) is 4. The summed E-state index contributed by atoms with van der Waals surface area (Å²) in [7, 11) is -9.92. The van der Waals surface area contributed by atoms with E-state index in [9.17, 15) is 43.2 Å². The molecule has 0 spiro atoms. The number of phosphoric acid groups is 2. The van der Waals surface area contributed by atoms with Gasteiger partial charge in [-0.2, -0.15) is 0 Å². The maximum Gasteiger partial charge on any atom is 0.472 e. The summed E-state index contributed by atoms with van der Waals surface area (Å²) in [4.78, 5) is 73.0. The van der Waals surface area contributed by atoms with Crippen molar-refractivity contribution in [3.63, 3.8) is 0 Å². The van der Waals surface area contributed by atoms with Gasteiger partial charge in [-0.15, -0.1) is 0 Å². The van der Waals surface area contributed by atoms with Crippen LogP contribution in [0.25, 0.3) is 0 Å². The third-order valence-corrected chi connectivity index (χ3v) is 21.5. The van der Waals surface area contributed by atoms with Gasteiger partial charge in [-0.1, -0.05) is 389 Å². The van der Waals surface area contributed by atoms with Crippen molar-refractivity contribution in [1.82, 2.24) is 0 Å². The molecule has 612 valence electrons. The summed E-state index contributed by atoms with van der Waals surface area (Å²) in [5.74, 6) is 0.131. The number of carbonyl (C=O) groups excluding carboxylic acids is 4. The van der Waals surface area contributed by atoms with Crippen LogP contribution in [0.4, 0.5) is 0 Å². The van der Waals surface area contributed by atoms with Crippen LogP contribution in [0.2, 0.25) is 0 Å². The van der Waals surface area contributed by atoms with E-state index in [0.717, 1.165) is 108 Å². The number of hydrogen-bond donors (Lipinski definition) is 3. The summed E-state index contributed by atoms with van der Waals surface area (Å²) in [6.45, 7) is 11.9. The molecule has 0 saturated carbocycles. The van der Waals surface area contributed by atoms with Gasteiger partial charge in [-0.3, -0.25) is 37.3 Å². The van der Waals surface area contributed by atoms with Crippen molar-refractivity contribution in [2.24, 2.45) is 17.8 Å². The Bertz CT molecular complexity index is 1990. The predicted octanol–water partition coefficient (Wildman–Crippen LogP) is 25.3. The van der Waals surface area contributed by atoms with Gasteiger partial charge < -0.3 is 33.8 Å². The molecule has 5 atom stereocenters. The van der Waals surface area contributed by atoms with Gasteiger partial charge in [0.15, 0.2) is 12.2 Å². The van der Waals surface area contributed by atoms with Crippen LogP contribution in [0.3, 0.4) is 0 Å². The van der Waals surface area contributed by atoms with Gasteiger partial charge in [-0.25, -0.2) is 9.13 Å². The van der Waals surface area contributed by atoms with Gasteiger partial charge >= 0.3 is 39.5 Å². The fraction of sp³-hybridized carbons (Fsp3) is 0.952. The van der Waals surface area contributed by atoms with Crippen molar-refractivity contribution in [1.29, 1.82) is 0 Å². The van der Waals surface area contributed by atoms with Crippen molar-refractivity contribution in [3.05, 3.63) is 0 Å². The molecule has 19 heteroatoms. The Morgan fingerprint density at radius 1 is 0.262 bits per heavy atom. The molecule has 0 bridgehead atoms. The number of rotatable bonds is 82. The normalized spacial score (nSPS) is 13.9. The molecule has 0 aromatic heterocycles. The second-order valence-corrected chi connectivity index (χ2v) is 34.6. The maximum absolute atomic E-state index is 13.1. The van der Waals surface area contributed by atoms with Crippen molar-refractivity contribution in [2.45, 2.75) is 458 Å². The molecule has 0 aliphatic rings. The zero-order chi connectivity index (χ0) is 75.8. The van der Waals surface area contributed by atoms with E-state index < -0.39 is 97.5 Å². The third kappa shape index (κ3) is 78.0. The lowest BCUT2D eigenvalue weighted by Crippen LogP contribution is -2.30. The Morgan fingerprint density at radius 2 is 0.447 bits per heavy atom. The number of carbonyl (C=O) groups is 4. The molecule has 0 saturated heterocycles.